The maximum atomic E-state index is 3.96. The summed E-state index contributed by atoms with van der Waals surface area (Å²) in [5.74, 6) is 0.767. The van der Waals surface area contributed by atoms with Gasteiger partial charge in [0.05, 0.1) is 0 Å². The largest absolute Gasteiger partial charge is 0.308 e. The lowest BCUT2D eigenvalue weighted by atomic mass is 9.74. The van der Waals surface area contributed by atoms with Crippen LogP contribution in [0.2, 0.25) is 0 Å². The van der Waals surface area contributed by atoms with Crippen molar-refractivity contribution in [2.24, 2.45) is 11.3 Å². The van der Waals surface area contributed by atoms with E-state index in [9.17, 15) is 0 Å². The van der Waals surface area contributed by atoms with Crippen molar-refractivity contribution in [3.05, 3.63) is 0 Å². The van der Waals surface area contributed by atoms with Gasteiger partial charge in [0.1, 0.15) is 0 Å². The van der Waals surface area contributed by atoms with Crippen LogP contribution in [0, 0.1) is 11.3 Å². The Morgan fingerprint density at radius 2 is 1.62 bits per heavy atom. The van der Waals surface area contributed by atoms with Gasteiger partial charge in [-0.2, -0.15) is 0 Å². The summed E-state index contributed by atoms with van der Waals surface area (Å²) in [6.45, 7) is 11.3. The van der Waals surface area contributed by atoms with Gasteiger partial charge in [-0.15, -0.1) is 0 Å². The average molecular weight is 293 g/mol. The molecule has 2 saturated carbocycles. The minimum absolute atomic E-state index is 0.469. The monoisotopic (exact) mass is 292 g/mol. The molecule has 1 atom stereocenters. The summed E-state index contributed by atoms with van der Waals surface area (Å²) in [4.78, 5) is 2.90. The van der Waals surface area contributed by atoms with E-state index < -0.39 is 0 Å². The van der Waals surface area contributed by atoms with Gasteiger partial charge < -0.3 is 5.32 Å². The Bertz CT molecular complexity index is 337. The summed E-state index contributed by atoms with van der Waals surface area (Å²) < 4.78 is 0. The van der Waals surface area contributed by atoms with Crippen molar-refractivity contribution >= 4 is 0 Å². The molecule has 0 aromatic carbocycles. The third kappa shape index (κ3) is 3.47. The first-order valence-electron chi connectivity index (χ1n) is 9.51. The molecular formula is C19H36N2. The first kappa shape index (κ1) is 15.8. The van der Waals surface area contributed by atoms with E-state index >= 15 is 0 Å². The van der Waals surface area contributed by atoms with E-state index in [1.165, 1.54) is 77.4 Å². The fourth-order valence-electron chi connectivity index (χ4n) is 5.28. The van der Waals surface area contributed by atoms with Crippen molar-refractivity contribution in [3.63, 3.8) is 0 Å². The highest BCUT2D eigenvalue weighted by Crippen LogP contribution is 2.40. The van der Waals surface area contributed by atoms with Crippen LogP contribution in [0.5, 0.6) is 0 Å². The van der Waals surface area contributed by atoms with Gasteiger partial charge in [0.2, 0.25) is 0 Å². The molecular weight excluding hydrogens is 256 g/mol. The Kier molecular flexibility index (Phi) is 4.66. The molecule has 1 aliphatic heterocycles. The highest BCUT2D eigenvalue weighted by Gasteiger charge is 2.43. The zero-order valence-electron chi connectivity index (χ0n) is 14.6. The van der Waals surface area contributed by atoms with Crippen molar-refractivity contribution in [2.75, 3.05) is 19.6 Å². The summed E-state index contributed by atoms with van der Waals surface area (Å²) in [6, 6.07) is 0.745. The van der Waals surface area contributed by atoms with Crippen LogP contribution in [-0.4, -0.2) is 36.1 Å². The van der Waals surface area contributed by atoms with Crippen LogP contribution < -0.4 is 5.32 Å². The van der Waals surface area contributed by atoms with Gasteiger partial charge in [0, 0.05) is 31.2 Å². The summed E-state index contributed by atoms with van der Waals surface area (Å²) in [6.07, 6.45) is 13.0. The second-order valence-corrected chi connectivity index (χ2v) is 8.96. The van der Waals surface area contributed by atoms with Crippen molar-refractivity contribution in [2.45, 2.75) is 90.1 Å². The van der Waals surface area contributed by atoms with Crippen LogP contribution in [0.1, 0.15) is 78.6 Å². The molecule has 3 rings (SSSR count). The average Bonchev–Trinajstić information content (AvgIpc) is 2.87. The normalized spacial score (nSPS) is 32.9. The van der Waals surface area contributed by atoms with E-state index in [0.717, 1.165) is 12.0 Å². The molecule has 2 nitrogen and oxygen atoms in total. The summed E-state index contributed by atoms with van der Waals surface area (Å²) in [7, 11) is 0. The molecule has 21 heavy (non-hydrogen) atoms. The van der Waals surface area contributed by atoms with Crippen molar-refractivity contribution in [1.29, 1.82) is 0 Å². The quantitative estimate of drug-likeness (QED) is 0.838. The standard InChI is InChI=1S/C19H36N2/c1-16(2)17-13-20-19(11-7-8-12-19)15-21(17)14-18(3)9-5-4-6-10-18/h16-17,20H,4-15H2,1-3H3. The first-order chi connectivity index (χ1) is 10.0. The Morgan fingerprint density at radius 1 is 1.00 bits per heavy atom. The Morgan fingerprint density at radius 3 is 2.24 bits per heavy atom. The molecule has 2 heteroatoms. The van der Waals surface area contributed by atoms with E-state index in [4.69, 9.17) is 0 Å². The topological polar surface area (TPSA) is 15.3 Å². The molecule has 1 N–H and O–H groups in total. The molecule has 0 bridgehead atoms. The van der Waals surface area contributed by atoms with Crippen LogP contribution in [0.15, 0.2) is 0 Å². The second-order valence-electron chi connectivity index (χ2n) is 8.96. The van der Waals surface area contributed by atoms with Gasteiger partial charge in [-0.05, 0) is 37.0 Å². The molecule has 0 amide bonds. The molecule has 0 aromatic heterocycles. The van der Waals surface area contributed by atoms with Gasteiger partial charge in [0.25, 0.3) is 0 Å². The fraction of sp³-hybridized carbons (Fsp3) is 1.00. The van der Waals surface area contributed by atoms with E-state index in [2.05, 4.69) is 31.0 Å². The lowest BCUT2D eigenvalue weighted by Crippen LogP contribution is -2.65. The highest BCUT2D eigenvalue weighted by molar-refractivity contribution is 5.02. The maximum Gasteiger partial charge on any atom is 0.0309 e. The van der Waals surface area contributed by atoms with Crippen LogP contribution >= 0.6 is 0 Å². The third-order valence-electron chi connectivity index (χ3n) is 6.64. The van der Waals surface area contributed by atoms with Gasteiger partial charge in [-0.25, -0.2) is 0 Å². The zero-order chi connectivity index (χ0) is 14.9. The van der Waals surface area contributed by atoms with Crippen LogP contribution in [-0.2, 0) is 0 Å². The predicted octanol–water partition coefficient (Wildman–Crippen LogP) is 4.20. The Labute approximate surface area is 132 Å². The predicted molar refractivity (Wildman–Crippen MR) is 90.6 cm³/mol. The Balaban J connectivity index is 1.70. The molecule has 2 aliphatic carbocycles. The minimum Gasteiger partial charge on any atom is -0.308 e. The van der Waals surface area contributed by atoms with Gasteiger partial charge in [0.15, 0.2) is 0 Å². The van der Waals surface area contributed by atoms with E-state index in [0.29, 0.717) is 11.0 Å². The molecule has 1 unspecified atom stereocenters. The second kappa shape index (κ2) is 6.20. The molecule has 3 aliphatic rings. The van der Waals surface area contributed by atoms with E-state index in [-0.39, 0.29) is 0 Å². The molecule has 122 valence electrons. The van der Waals surface area contributed by atoms with Crippen LogP contribution in [0.25, 0.3) is 0 Å². The van der Waals surface area contributed by atoms with Crippen LogP contribution in [0.3, 0.4) is 0 Å². The molecule has 0 radical (unpaired) electrons. The van der Waals surface area contributed by atoms with Gasteiger partial charge in [-0.3, -0.25) is 4.90 Å². The highest BCUT2D eigenvalue weighted by atomic mass is 15.3. The lowest BCUT2D eigenvalue weighted by molar-refractivity contribution is 0.0136. The van der Waals surface area contributed by atoms with Gasteiger partial charge >= 0.3 is 0 Å². The number of hydrogen-bond acceptors (Lipinski definition) is 2. The smallest absolute Gasteiger partial charge is 0.0309 e. The number of nitrogens with one attached hydrogen (secondary N) is 1. The van der Waals surface area contributed by atoms with E-state index in [1.54, 1.807) is 0 Å². The molecule has 0 aromatic rings. The zero-order valence-corrected chi connectivity index (χ0v) is 14.6. The molecule has 3 fully saturated rings. The SMILES string of the molecule is CC(C)C1CNC2(CCCC2)CN1CC1(C)CCCCC1. The maximum absolute atomic E-state index is 3.96. The summed E-state index contributed by atoms with van der Waals surface area (Å²) in [5, 5.41) is 3.96. The molecule has 1 heterocycles. The summed E-state index contributed by atoms with van der Waals surface area (Å²) in [5.41, 5.74) is 1.05. The van der Waals surface area contributed by atoms with Crippen molar-refractivity contribution < 1.29 is 0 Å². The number of rotatable bonds is 3. The van der Waals surface area contributed by atoms with Crippen molar-refractivity contribution in [3.8, 4) is 0 Å². The van der Waals surface area contributed by atoms with Gasteiger partial charge in [-0.1, -0.05) is 52.9 Å². The number of piperazine rings is 1. The first-order valence-corrected chi connectivity index (χ1v) is 9.51. The van der Waals surface area contributed by atoms with Crippen molar-refractivity contribution in [1.82, 2.24) is 10.2 Å². The third-order valence-corrected chi connectivity index (χ3v) is 6.64. The summed E-state index contributed by atoms with van der Waals surface area (Å²) >= 11 is 0. The lowest BCUT2D eigenvalue weighted by Gasteiger charge is -2.51. The minimum atomic E-state index is 0.469. The number of nitrogens with zero attached hydrogens (tertiary/aromatic N) is 1. The Hall–Kier alpha value is -0.0800. The molecule has 1 saturated heterocycles. The van der Waals surface area contributed by atoms with Crippen LogP contribution in [0.4, 0.5) is 0 Å². The molecule has 1 spiro atoms. The fourth-order valence-corrected chi connectivity index (χ4v) is 5.28. The number of hydrogen-bond donors (Lipinski definition) is 1. The van der Waals surface area contributed by atoms with E-state index in [1.807, 2.05) is 0 Å².